The maximum absolute atomic E-state index is 8.52. The van der Waals surface area contributed by atoms with Gasteiger partial charge in [0.1, 0.15) is 0 Å². The third-order valence-corrected chi connectivity index (χ3v) is 2.83. The van der Waals surface area contributed by atoms with Crippen LogP contribution in [0.2, 0.25) is 0 Å². The highest BCUT2D eigenvalue weighted by Gasteiger charge is 2.08. The molecule has 0 aliphatic rings. The Morgan fingerprint density at radius 2 is 1.71 bits per heavy atom. The van der Waals surface area contributed by atoms with Crippen molar-refractivity contribution in [2.45, 2.75) is 58.3 Å². The quantitative estimate of drug-likeness (QED) is 0.512. The van der Waals surface area contributed by atoms with Crippen molar-refractivity contribution in [1.82, 2.24) is 0 Å². The first-order valence-electron chi connectivity index (χ1n) is 6.66. The molecule has 1 atom stereocenters. The van der Waals surface area contributed by atoms with E-state index < -0.39 is 0 Å². The minimum atomic E-state index is 0.472. The second-order valence-electron chi connectivity index (χ2n) is 4.40. The molecule has 0 aliphatic carbocycles. The van der Waals surface area contributed by atoms with E-state index in [1.165, 1.54) is 25.7 Å². The van der Waals surface area contributed by atoms with Crippen molar-refractivity contribution < 1.29 is 4.74 Å². The summed E-state index contributed by atoms with van der Waals surface area (Å²) in [5.41, 5.74) is 0. The molecule has 3 heteroatoms. The van der Waals surface area contributed by atoms with Gasteiger partial charge in [0.2, 0.25) is 0 Å². The summed E-state index contributed by atoms with van der Waals surface area (Å²) in [6, 6.07) is 4.26. The van der Waals surface area contributed by atoms with Gasteiger partial charge in [0, 0.05) is 13.0 Å². The molecule has 96 valence electrons. The lowest BCUT2D eigenvalue weighted by Crippen LogP contribution is -2.10. The Bertz CT molecular complexity index is 240. The third kappa shape index (κ3) is 11.2. The number of ether oxygens (including phenoxy) is 1. The van der Waals surface area contributed by atoms with Gasteiger partial charge in [-0.25, -0.2) is 0 Å². The first kappa shape index (κ1) is 15.9. The normalized spacial score (nSPS) is 11.7. The molecule has 0 fully saturated rings. The number of hydrogen-bond acceptors (Lipinski definition) is 3. The highest BCUT2D eigenvalue weighted by molar-refractivity contribution is 4.71. The summed E-state index contributed by atoms with van der Waals surface area (Å²) in [7, 11) is 0. The van der Waals surface area contributed by atoms with Gasteiger partial charge in [0.15, 0.2) is 0 Å². The average molecular weight is 236 g/mol. The first-order chi connectivity index (χ1) is 8.35. The van der Waals surface area contributed by atoms with E-state index in [-0.39, 0.29) is 0 Å². The van der Waals surface area contributed by atoms with E-state index in [1.807, 2.05) is 0 Å². The van der Waals surface area contributed by atoms with Crippen LogP contribution in [0.3, 0.4) is 0 Å². The largest absolute Gasteiger partial charge is 0.380 e. The standard InChI is InChI=1S/C14H24N2O/c1-2-3-4-8-14(9-5-6-10-15)13-17-12-7-11-16/h14H,2-9,12-13H2,1H3. The van der Waals surface area contributed by atoms with Crippen LogP contribution in [0.1, 0.15) is 58.3 Å². The van der Waals surface area contributed by atoms with Gasteiger partial charge < -0.3 is 4.74 Å². The second kappa shape index (κ2) is 13.0. The van der Waals surface area contributed by atoms with Crippen LogP contribution in [0.25, 0.3) is 0 Å². The molecule has 0 radical (unpaired) electrons. The number of nitriles is 2. The van der Waals surface area contributed by atoms with E-state index in [9.17, 15) is 0 Å². The molecule has 3 nitrogen and oxygen atoms in total. The van der Waals surface area contributed by atoms with Crippen LogP contribution in [0.15, 0.2) is 0 Å². The molecule has 0 heterocycles. The van der Waals surface area contributed by atoms with Crippen LogP contribution in [-0.2, 0) is 4.74 Å². The van der Waals surface area contributed by atoms with E-state index >= 15 is 0 Å². The Morgan fingerprint density at radius 1 is 1.00 bits per heavy atom. The summed E-state index contributed by atoms with van der Waals surface area (Å²) in [6.07, 6.45) is 8.09. The van der Waals surface area contributed by atoms with Gasteiger partial charge in [-0.1, -0.05) is 26.2 Å². The van der Waals surface area contributed by atoms with Crippen molar-refractivity contribution in [2.24, 2.45) is 5.92 Å². The van der Waals surface area contributed by atoms with Crippen LogP contribution in [-0.4, -0.2) is 13.2 Å². The van der Waals surface area contributed by atoms with Crippen molar-refractivity contribution in [3.8, 4) is 12.1 Å². The summed E-state index contributed by atoms with van der Waals surface area (Å²) in [4.78, 5) is 0. The maximum Gasteiger partial charge on any atom is 0.0645 e. The molecule has 0 N–H and O–H groups in total. The highest BCUT2D eigenvalue weighted by atomic mass is 16.5. The lowest BCUT2D eigenvalue weighted by molar-refractivity contribution is 0.0956. The molecule has 0 aliphatic heterocycles. The zero-order valence-electron chi connectivity index (χ0n) is 11.0. The maximum atomic E-state index is 8.52. The summed E-state index contributed by atoms with van der Waals surface area (Å²) < 4.78 is 5.49. The van der Waals surface area contributed by atoms with E-state index in [0.717, 1.165) is 19.4 Å². The molecular formula is C14H24N2O. The Labute approximate surface area is 105 Å². The van der Waals surface area contributed by atoms with E-state index in [4.69, 9.17) is 15.3 Å². The molecule has 0 saturated heterocycles. The van der Waals surface area contributed by atoms with Gasteiger partial charge in [-0.3, -0.25) is 0 Å². The van der Waals surface area contributed by atoms with Gasteiger partial charge >= 0.3 is 0 Å². The molecule has 0 bridgehead atoms. The Morgan fingerprint density at radius 3 is 2.35 bits per heavy atom. The summed E-state index contributed by atoms with van der Waals surface area (Å²) in [5, 5.41) is 16.9. The van der Waals surface area contributed by atoms with Gasteiger partial charge in [-0.2, -0.15) is 10.5 Å². The molecule has 0 spiro atoms. The van der Waals surface area contributed by atoms with Crippen molar-refractivity contribution in [1.29, 1.82) is 10.5 Å². The molecular weight excluding hydrogens is 212 g/mol. The van der Waals surface area contributed by atoms with E-state index in [0.29, 0.717) is 25.4 Å². The van der Waals surface area contributed by atoms with Crippen molar-refractivity contribution in [3.63, 3.8) is 0 Å². The molecule has 17 heavy (non-hydrogen) atoms. The van der Waals surface area contributed by atoms with E-state index in [2.05, 4.69) is 19.1 Å². The summed E-state index contributed by atoms with van der Waals surface area (Å²) in [6.45, 7) is 3.49. The minimum Gasteiger partial charge on any atom is -0.380 e. The number of nitrogens with zero attached hydrogens (tertiary/aromatic N) is 2. The van der Waals surface area contributed by atoms with Crippen molar-refractivity contribution in [2.75, 3.05) is 13.2 Å². The number of rotatable bonds is 11. The van der Waals surface area contributed by atoms with Crippen LogP contribution in [0.4, 0.5) is 0 Å². The minimum absolute atomic E-state index is 0.472. The topological polar surface area (TPSA) is 56.8 Å². The predicted molar refractivity (Wildman–Crippen MR) is 68.1 cm³/mol. The monoisotopic (exact) mass is 236 g/mol. The lowest BCUT2D eigenvalue weighted by Gasteiger charge is -2.16. The summed E-state index contributed by atoms with van der Waals surface area (Å²) >= 11 is 0. The highest BCUT2D eigenvalue weighted by Crippen LogP contribution is 2.17. The average Bonchev–Trinajstić information content (AvgIpc) is 2.34. The third-order valence-electron chi connectivity index (χ3n) is 2.83. The number of unbranched alkanes of at least 4 members (excludes halogenated alkanes) is 3. The van der Waals surface area contributed by atoms with Gasteiger partial charge in [-0.15, -0.1) is 0 Å². The molecule has 0 aromatic heterocycles. The SMILES string of the molecule is CCCCCC(CCCC#N)COCCC#N. The van der Waals surface area contributed by atoms with Crippen LogP contribution in [0.5, 0.6) is 0 Å². The fraction of sp³-hybridized carbons (Fsp3) is 0.857. The predicted octanol–water partition coefficient (Wildman–Crippen LogP) is 3.81. The Hall–Kier alpha value is -1.06. The van der Waals surface area contributed by atoms with Gasteiger partial charge in [-0.05, 0) is 25.2 Å². The zero-order valence-corrected chi connectivity index (χ0v) is 11.0. The first-order valence-corrected chi connectivity index (χ1v) is 6.66. The molecule has 0 rings (SSSR count). The van der Waals surface area contributed by atoms with Crippen LogP contribution >= 0.6 is 0 Å². The molecule has 0 aromatic carbocycles. The lowest BCUT2D eigenvalue weighted by atomic mass is 9.96. The fourth-order valence-corrected chi connectivity index (χ4v) is 1.83. The number of hydrogen-bond donors (Lipinski definition) is 0. The van der Waals surface area contributed by atoms with E-state index in [1.54, 1.807) is 0 Å². The Kier molecular flexibility index (Phi) is 12.2. The zero-order chi connectivity index (χ0) is 12.8. The fourth-order valence-electron chi connectivity index (χ4n) is 1.83. The Balaban J connectivity index is 3.69. The second-order valence-corrected chi connectivity index (χ2v) is 4.40. The molecule has 0 saturated carbocycles. The van der Waals surface area contributed by atoms with Crippen LogP contribution in [0, 0.1) is 28.6 Å². The van der Waals surface area contributed by atoms with Gasteiger partial charge in [0.25, 0.3) is 0 Å². The van der Waals surface area contributed by atoms with Crippen molar-refractivity contribution in [3.05, 3.63) is 0 Å². The molecule has 0 amide bonds. The van der Waals surface area contributed by atoms with Crippen LogP contribution < -0.4 is 0 Å². The molecule has 1 unspecified atom stereocenters. The summed E-state index contributed by atoms with van der Waals surface area (Å²) in [5.74, 6) is 0.564. The van der Waals surface area contributed by atoms with Gasteiger partial charge in [0.05, 0.1) is 25.2 Å². The molecule has 0 aromatic rings. The van der Waals surface area contributed by atoms with Crippen molar-refractivity contribution >= 4 is 0 Å². The smallest absolute Gasteiger partial charge is 0.0645 e.